The summed E-state index contributed by atoms with van der Waals surface area (Å²) in [6, 6.07) is 9.84. The van der Waals surface area contributed by atoms with Crippen molar-refractivity contribution < 1.29 is 14.6 Å². The maximum Gasteiger partial charge on any atom is 0.335 e. The van der Waals surface area contributed by atoms with Crippen LogP contribution in [0.5, 0.6) is 5.75 Å². The van der Waals surface area contributed by atoms with E-state index in [0.29, 0.717) is 22.7 Å². The van der Waals surface area contributed by atoms with Crippen LogP contribution >= 0.6 is 0 Å². The van der Waals surface area contributed by atoms with E-state index >= 15 is 0 Å². The van der Waals surface area contributed by atoms with Gasteiger partial charge in [-0.25, -0.2) is 9.78 Å². The monoisotopic (exact) mass is 310 g/mol. The predicted molar refractivity (Wildman–Crippen MR) is 86.0 cm³/mol. The first-order chi connectivity index (χ1) is 11.0. The Bertz CT molecular complexity index is 976. The summed E-state index contributed by atoms with van der Waals surface area (Å²) >= 11 is 0. The molecule has 0 fully saturated rings. The third-order valence-corrected chi connectivity index (χ3v) is 3.56. The van der Waals surface area contributed by atoms with Crippen molar-refractivity contribution in [1.82, 2.24) is 9.97 Å². The summed E-state index contributed by atoms with van der Waals surface area (Å²) in [5.74, 6) is -0.104. The number of benzene rings is 2. The molecule has 0 bridgehead atoms. The molecule has 6 heteroatoms. The minimum Gasteiger partial charge on any atom is -0.496 e. The van der Waals surface area contributed by atoms with Gasteiger partial charge < -0.3 is 14.8 Å². The molecule has 0 radical (unpaired) electrons. The lowest BCUT2D eigenvalue weighted by molar-refractivity contribution is 0.0697. The van der Waals surface area contributed by atoms with Gasteiger partial charge in [-0.2, -0.15) is 0 Å². The van der Waals surface area contributed by atoms with Crippen LogP contribution in [0.2, 0.25) is 0 Å². The molecule has 23 heavy (non-hydrogen) atoms. The lowest BCUT2D eigenvalue weighted by atomic mass is 10.1. The van der Waals surface area contributed by atoms with E-state index < -0.39 is 11.5 Å². The molecule has 116 valence electrons. The van der Waals surface area contributed by atoms with Crippen molar-refractivity contribution in [3.05, 3.63) is 57.9 Å². The summed E-state index contributed by atoms with van der Waals surface area (Å²) in [7, 11) is 1.55. The second kappa shape index (κ2) is 5.57. The lowest BCUT2D eigenvalue weighted by Gasteiger charge is -2.09. The average Bonchev–Trinajstić information content (AvgIpc) is 2.54. The third-order valence-electron chi connectivity index (χ3n) is 3.56. The van der Waals surface area contributed by atoms with Gasteiger partial charge in [0, 0.05) is 0 Å². The molecule has 0 saturated carbocycles. The van der Waals surface area contributed by atoms with E-state index in [9.17, 15) is 9.59 Å². The number of carbonyl (C=O) groups is 1. The highest BCUT2D eigenvalue weighted by Gasteiger charge is 2.12. The number of nitrogens with zero attached hydrogens (tertiary/aromatic N) is 1. The number of methoxy groups -OCH3 is 1. The molecule has 1 heterocycles. The molecule has 0 aliphatic rings. The van der Waals surface area contributed by atoms with E-state index in [1.807, 2.05) is 25.1 Å². The maximum absolute atomic E-state index is 12.3. The van der Waals surface area contributed by atoms with Crippen molar-refractivity contribution in [3.63, 3.8) is 0 Å². The molecule has 0 unspecified atom stereocenters. The molecule has 3 aromatic rings. The molecular formula is C17H14N2O4. The van der Waals surface area contributed by atoms with Gasteiger partial charge in [0.25, 0.3) is 5.56 Å². The standard InChI is InChI=1S/C17H14N2O4/c1-9-3-5-11(14(7-9)23-2)15-18-13-6-4-10(17(21)22)8-12(13)16(20)19-15/h3-8H,1-2H3,(H,21,22)(H,18,19,20). The fourth-order valence-corrected chi connectivity index (χ4v) is 2.39. The van der Waals surface area contributed by atoms with Crippen LogP contribution in [0, 0.1) is 6.92 Å². The highest BCUT2D eigenvalue weighted by molar-refractivity contribution is 5.93. The molecule has 0 spiro atoms. The fourth-order valence-electron chi connectivity index (χ4n) is 2.39. The van der Waals surface area contributed by atoms with Crippen LogP contribution in [0.1, 0.15) is 15.9 Å². The van der Waals surface area contributed by atoms with Gasteiger partial charge in [0.15, 0.2) is 0 Å². The van der Waals surface area contributed by atoms with Gasteiger partial charge in [0.1, 0.15) is 11.6 Å². The number of H-pyrrole nitrogens is 1. The van der Waals surface area contributed by atoms with Crippen LogP contribution in [-0.4, -0.2) is 28.2 Å². The summed E-state index contributed by atoms with van der Waals surface area (Å²) in [6.45, 7) is 1.94. The van der Waals surface area contributed by atoms with Crippen molar-refractivity contribution in [2.24, 2.45) is 0 Å². The Hall–Kier alpha value is -3.15. The van der Waals surface area contributed by atoms with E-state index in [1.54, 1.807) is 7.11 Å². The Kier molecular flexibility index (Phi) is 3.57. The number of carboxylic acid groups (broad SMARTS) is 1. The molecule has 0 amide bonds. The third kappa shape index (κ3) is 2.66. The number of ether oxygens (including phenoxy) is 1. The Morgan fingerprint density at radius 1 is 1.22 bits per heavy atom. The number of rotatable bonds is 3. The maximum atomic E-state index is 12.3. The van der Waals surface area contributed by atoms with Gasteiger partial charge in [-0.15, -0.1) is 0 Å². The van der Waals surface area contributed by atoms with E-state index in [2.05, 4.69) is 9.97 Å². The molecule has 0 atom stereocenters. The molecular weight excluding hydrogens is 296 g/mol. The van der Waals surface area contributed by atoms with Crippen LogP contribution in [0.3, 0.4) is 0 Å². The number of aromatic amines is 1. The average molecular weight is 310 g/mol. The molecule has 2 aromatic carbocycles. The van der Waals surface area contributed by atoms with Crippen LogP contribution in [-0.2, 0) is 0 Å². The van der Waals surface area contributed by atoms with Crippen molar-refractivity contribution in [2.45, 2.75) is 6.92 Å². The zero-order valence-corrected chi connectivity index (χ0v) is 12.6. The summed E-state index contributed by atoms with van der Waals surface area (Å²) in [6.07, 6.45) is 0. The second-order valence-corrected chi connectivity index (χ2v) is 5.16. The number of fused-ring (bicyclic) bond motifs is 1. The number of aryl methyl sites for hydroxylation is 1. The second-order valence-electron chi connectivity index (χ2n) is 5.16. The number of aromatic nitrogens is 2. The topological polar surface area (TPSA) is 92.3 Å². The first-order valence-corrected chi connectivity index (χ1v) is 6.92. The number of aromatic carboxylic acids is 1. The minimum absolute atomic E-state index is 0.0467. The van der Waals surface area contributed by atoms with Crippen LogP contribution in [0.25, 0.3) is 22.3 Å². The van der Waals surface area contributed by atoms with Crippen LogP contribution in [0.15, 0.2) is 41.2 Å². The predicted octanol–water partition coefficient (Wildman–Crippen LogP) is 2.61. The van der Waals surface area contributed by atoms with Gasteiger partial charge in [-0.05, 0) is 42.8 Å². The summed E-state index contributed by atoms with van der Waals surface area (Å²) in [5.41, 5.74) is 1.77. The summed E-state index contributed by atoms with van der Waals surface area (Å²) in [5, 5.41) is 9.25. The molecule has 2 N–H and O–H groups in total. The number of carboxylic acids is 1. The van der Waals surface area contributed by atoms with Gasteiger partial charge in [0.2, 0.25) is 0 Å². The lowest BCUT2D eigenvalue weighted by Crippen LogP contribution is -2.11. The van der Waals surface area contributed by atoms with Crippen LogP contribution < -0.4 is 10.3 Å². The zero-order valence-electron chi connectivity index (χ0n) is 12.6. The van der Waals surface area contributed by atoms with Gasteiger partial charge in [-0.3, -0.25) is 4.79 Å². The highest BCUT2D eigenvalue weighted by atomic mass is 16.5. The zero-order chi connectivity index (χ0) is 16.6. The SMILES string of the molecule is COc1cc(C)ccc1-c1nc2ccc(C(=O)O)cc2c(=O)[nH]1. The van der Waals surface area contributed by atoms with E-state index in [1.165, 1.54) is 18.2 Å². The van der Waals surface area contributed by atoms with Gasteiger partial charge >= 0.3 is 5.97 Å². The van der Waals surface area contributed by atoms with Crippen molar-refractivity contribution >= 4 is 16.9 Å². The molecule has 0 aliphatic carbocycles. The van der Waals surface area contributed by atoms with Crippen LogP contribution in [0.4, 0.5) is 0 Å². The Labute approximate surface area is 131 Å². The van der Waals surface area contributed by atoms with E-state index in [0.717, 1.165) is 5.56 Å². The molecule has 0 aliphatic heterocycles. The van der Waals surface area contributed by atoms with Crippen molar-refractivity contribution in [1.29, 1.82) is 0 Å². The smallest absolute Gasteiger partial charge is 0.335 e. The first-order valence-electron chi connectivity index (χ1n) is 6.92. The van der Waals surface area contributed by atoms with Gasteiger partial charge in [0.05, 0.1) is 29.1 Å². The summed E-state index contributed by atoms with van der Waals surface area (Å²) < 4.78 is 5.34. The molecule has 6 nitrogen and oxygen atoms in total. The van der Waals surface area contributed by atoms with Gasteiger partial charge in [-0.1, -0.05) is 6.07 Å². The largest absolute Gasteiger partial charge is 0.496 e. The van der Waals surface area contributed by atoms with E-state index in [-0.39, 0.29) is 10.9 Å². The number of hydrogen-bond acceptors (Lipinski definition) is 4. The minimum atomic E-state index is -1.09. The Morgan fingerprint density at radius 2 is 2.00 bits per heavy atom. The Balaban J connectivity index is 2.23. The molecule has 3 rings (SSSR count). The fraction of sp³-hybridized carbons (Fsp3) is 0.118. The van der Waals surface area contributed by atoms with Crippen molar-refractivity contribution in [3.8, 4) is 17.1 Å². The molecule has 1 aromatic heterocycles. The van der Waals surface area contributed by atoms with E-state index in [4.69, 9.17) is 9.84 Å². The quantitative estimate of drug-likeness (QED) is 0.775. The number of nitrogens with one attached hydrogen (secondary N) is 1. The molecule has 0 saturated heterocycles. The first kappa shape index (κ1) is 14.8. The van der Waals surface area contributed by atoms with Crippen molar-refractivity contribution in [2.75, 3.05) is 7.11 Å². The normalized spacial score (nSPS) is 10.7. The number of hydrogen-bond donors (Lipinski definition) is 2. The highest BCUT2D eigenvalue weighted by Crippen LogP contribution is 2.28. The Morgan fingerprint density at radius 3 is 2.70 bits per heavy atom. The summed E-state index contributed by atoms with van der Waals surface area (Å²) in [4.78, 5) is 30.4.